The summed E-state index contributed by atoms with van der Waals surface area (Å²) >= 11 is 0. The minimum Gasteiger partial charge on any atom is -0.477 e. The van der Waals surface area contributed by atoms with Crippen molar-refractivity contribution < 1.29 is 18.3 Å². The molecular weight excluding hydrogens is 420 g/mol. The van der Waals surface area contributed by atoms with Crippen molar-refractivity contribution in [3.63, 3.8) is 0 Å². The fourth-order valence-corrected chi connectivity index (χ4v) is 4.69. The van der Waals surface area contributed by atoms with E-state index in [1.807, 2.05) is 0 Å². The Morgan fingerprint density at radius 1 is 1.00 bits per heavy atom. The van der Waals surface area contributed by atoms with Crippen LogP contribution in [0.3, 0.4) is 0 Å². The fraction of sp³-hybridized carbons (Fsp3) is 0.143. The van der Waals surface area contributed by atoms with Gasteiger partial charge in [0, 0.05) is 31.7 Å². The maximum Gasteiger partial charge on any atom is 0.352 e. The van der Waals surface area contributed by atoms with Crippen molar-refractivity contribution in [2.75, 3.05) is 4.72 Å². The first-order valence-electron chi connectivity index (χ1n) is 9.30. The van der Waals surface area contributed by atoms with Crippen LogP contribution < -0.4 is 10.4 Å². The van der Waals surface area contributed by atoms with Crippen LogP contribution in [0.15, 0.2) is 64.4 Å². The molecule has 4 rings (SSSR count). The molecule has 0 unspecified atom stereocenters. The van der Waals surface area contributed by atoms with Gasteiger partial charge in [-0.25, -0.2) is 18.0 Å². The largest absolute Gasteiger partial charge is 0.477 e. The number of sulfonamides is 1. The van der Waals surface area contributed by atoms with Crippen molar-refractivity contribution in [1.29, 1.82) is 0 Å². The molecule has 0 radical (unpaired) electrons. The third-order valence-corrected chi connectivity index (χ3v) is 6.61. The molecule has 31 heavy (non-hydrogen) atoms. The van der Waals surface area contributed by atoms with Gasteiger partial charge in [0.05, 0.1) is 15.9 Å². The SMILES string of the molecule is Cc1cc(NS(=O)(=O)c2ccc3c(c2)n(C)c(=O)n3C)ccc1-n1cccc1C(=O)O. The number of nitrogens with zero attached hydrogens (tertiary/aromatic N) is 3. The number of aromatic nitrogens is 3. The zero-order valence-corrected chi connectivity index (χ0v) is 17.8. The van der Waals surface area contributed by atoms with Crippen molar-refractivity contribution in [2.24, 2.45) is 14.1 Å². The Kier molecular flexibility index (Phi) is 4.74. The van der Waals surface area contributed by atoms with Gasteiger partial charge < -0.3 is 9.67 Å². The highest BCUT2D eigenvalue weighted by molar-refractivity contribution is 7.92. The van der Waals surface area contributed by atoms with Gasteiger partial charge in [-0.3, -0.25) is 13.9 Å². The number of carboxylic acids is 1. The summed E-state index contributed by atoms with van der Waals surface area (Å²) in [5.74, 6) is -1.06. The smallest absolute Gasteiger partial charge is 0.352 e. The standard InChI is InChI=1S/C21H20N4O5S/c1-13-11-14(6-8-16(13)25-10-4-5-18(25)20(26)27)22-31(29,30)15-7-9-17-19(12-15)24(3)21(28)23(17)2/h4-12,22H,1-3H3,(H,26,27). The number of carboxylic acid groups (broad SMARTS) is 1. The van der Waals surface area contributed by atoms with Gasteiger partial charge in [0.1, 0.15) is 5.69 Å². The van der Waals surface area contributed by atoms with E-state index in [4.69, 9.17) is 0 Å². The topological polar surface area (TPSA) is 115 Å². The zero-order valence-electron chi connectivity index (χ0n) is 17.0. The average Bonchev–Trinajstić information content (AvgIpc) is 3.28. The molecule has 4 aromatic rings. The molecule has 2 aromatic carbocycles. The highest BCUT2D eigenvalue weighted by atomic mass is 32.2. The van der Waals surface area contributed by atoms with Crippen LogP contribution >= 0.6 is 0 Å². The number of nitrogens with one attached hydrogen (secondary N) is 1. The number of aromatic carboxylic acids is 1. The van der Waals surface area contributed by atoms with Gasteiger partial charge >= 0.3 is 11.7 Å². The molecule has 0 aliphatic heterocycles. The molecule has 0 fully saturated rings. The molecule has 0 amide bonds. The van der Waals surface area contributed by atoms with E-state index in [0.717, 1.165) is 0 Å². The fourth-order valence-electron chi connectivity index (χ4n) is 3.62. The van der Waals surface area contributed by atoms with Crippen LogP contribution in [0.4, 0.5) is 5.69 Å². The van der Waals surface area contributed by atoms with Crippen molar-refractivity contribution >= 4 is 32.7 Å². The van der Waals surface area contributed by atoms with Crippen LogP contribution in [-0.2, 0) is 24.1 Å². The number of hydrogen-bond acceptors (Lipinski definition) is 4. The van der Waals surface area contributed by atoms with Gasteiger partial charge in [-0.1, -0.05) is 0 Å². The summed E-state index contributed by atoms with van der Waals surface area (Å²) < 4.78 is 32.8. The second-order valence-corrected chi connectivity index (χ2v) is 8.91. The molecule has 0 saturated carbocycles. The van der Waals surface area contributed by atoms with Crippen LogP contribution in [0.25, 0.3) is 16.7 Å². The third kappa shape index (κ3) is 3.40. The highest BCUT2D eigenvalue weighted by Crippen LogP contribution is 2.24. The Balaban J connectivity index is 1.69. The first-order valence-corrected chi connectivity index (χ1v) is 10.8. The molecular formula is C21H20N4O5S. The van der Waals surface area contributed by atoms with Crippen molar-refractivity contribution in [3.8, 4) is 5.69 Å². The lowest BCUT2D eigenvalue weighted by atomic mass is 10.1. The normalized spacial score (nSPS) is 11.7. The van der Waals surface area contributed by atoms with Crippen molar-refractivity contribution in [1.82, 2.24) is 13.7 Å². The van der Waals surface area contributed by atoms with Crippen molar-refractivity contribution in [2.45, 2.75) is 11.8 Å². The van der Waals surface area contributed by atoms with E-state index in [-0.39, 0.29) is 16.3 Å². The maximum absolute atomic E-state index is 12.9. The molecule has 160 valence electrons. The van der Waals surface area contributed by atoms with Gasteiger partial charge in [-0.2, -0.15) is 0 Å². The molecule has 2 heterocycles. The van der Waals surface area contributed by atoms with E-state index in [0.29, 0.717) is 28.0 Å². The zero-order chi connectivity index (χ0) is 22.5. The predicted molar refractivity (Wildman–Crippen MR) is 116 cm³/mol. The molecule has 0 bridgehead atoms. The molecule has 10 heteroatoms. The van der Waals surface area contributed by atoms with E-state index in [2.05, 4.69) is 4.72 Å². The molecule has 2 N–H and O–H groups in total. The minimum absolute atomic E-state index is 0.0292. The maximum atomic E-state index is 12.9. The van der Waals surface area contributed by atoms with Crippen molar-refractivity contribution in [3.05, 3.63) is 76.5 Å². The van der Waals surface area contributed by atoms with E-state index < -0.39 is 16.0 Å². The van der Waals surface area contributed by atoms with Gasteiger partial charge in [0.15, 0.2) is 0 Å². The van der Waals surface area contributed by atoms with Gasteiger partial charge in [0.2, 0.25) is 0 Å². The average molecular weight is 440 g/mol. The number of benzene rings is 2. The summed E-state index contributed by atoms with van der Waals surface area (Å²) in [6.07, 6.45) is 1.63. The molecule has 0 aliphatic rings. The second kappa shape index (κ2) is 7.17. The van der Waals surface area contributed by atoms with E-state index in [9.17, 15) is 23.1 Å². The Labute approximate surface area is 177 Å². The molecule has 9 nitrogen and oxygen atoms in total. The number of rotatable bonds is 5. The molecule has 0 spiro atoms. The Bertz CT molecular complexity index is 1510. The summed E-state index contributed by atoms with van der Waals surface area (Å²) in [4.78, 5) is 23.5. The summed E-state index contributed by atoms with van der Waals surface area (Å²) in [5.41, 5.74) is 2.68. The number of hydrogen-bond donors (Lipinski definition) is 2. The Morgan fingerprint density at radius 2 is 1.71 bits per heavy atom. The van der Waals surface area contributed by atoms with Crippen LogP contribution in [-0.4, -0.2) is 33.2 Å². The predicted octanol–water partition coefficient (Wildman–Crippen LogP) is 2.48. The van der Waals surface area contributed by atoms with Crippen LogP contribution in [0.1, 0.15) is 16.1 Å². The van der Waals surface area contributed by atoms with Gasteiger partial charge in [0.25, 0.3) is 10.0 Å². The van der Waals surface area contributed by atoms with E-state index in [1.54, 1.807) is 57.5 Å². The summed E-state index contributed by atoms with van der Waals surface area (Å²) in [6.45, 7) is 1.77. The second-order valence-electron chi connectivity index (χ2n) is 7.23. The molecule has 0 aliphatic carbocycles. The first-order chi connectivity index (χ1) is 14.6. The molecule has 0 atom stereocenters. The van der Waals surface area contributed by atoms with Gasteiger partial charge in [-0.15, -0.1) is 0 Å². The lowest BCUT2D eigenvalue weighted by Crippen LogP contribution is -2.19. The Morgan fingerprint density at radius 3 is 2.39 bits per heavy atom. The van der Waals surface area contributed by atoms with E-state index in [1.165, 1.54) is 31.9 Å². The van der Waals surface area contributed by atoms with Gasteiger partial charge in [-0.05, 0) is 61.0 Å². The number of carbonyl (C=O) groups is 1. The van der Waals surface area contributed by atoms with Crippen LogP contribution in [0.2, 0.25) is 0 Å². The minimum atomic E-state index is -3.91. The van der Waals surface area contributed by atoms with Crippen LogP contribution in [0, 0.1) is 6.92 Å². The quantitative estimate of drug-likeness (QED) is 0.495. The van der Waals surface area contributed by atoms with Crippen LogP contribution in [0.5, 0.6) is 0 Å². The summed E-state index contributed by atoms with van der Waals surface area (Å²) in [6, 6.07) is 12.5. The lowest BCUT2D eigenvalue weighted by molar-refractivity contribution is 0.0688. The highest BCUT2D eigenvalue weighted by Gasteiger charge is 2.18. The first kappa shape index (κ1) is 20.5. The Hall–Kier alpha value is -3.79. The number of anilines is 1. The number of aryl methyl sites for hydroxylation is 3. The molecule has 0 saturated heterocycles. The summed E-state index contributed by atoms with van der Waals surface area (Å²) in [5, 5.41) is 9.32. The monoisotopic (exact) mass is 440 g/mol. The number of imidazole rings is 1. The lowest BCUT2D eigenvalue weighted by Gasteiger charge is -2.13. The number of fused-ring (bicyclic) bond motifs is 1. The molecule has 2 aromatic heterocycles. The van der Waals surface area contributed by atoms with E-state index >= 15 is 0 Å². The third-order valence-electron chi connectivity index (χ3n) is 5.23. The summed E-state index contributed by atoms with van der Waals surface area (Å²) in [7, 11) is -0.692.